The number of carbonyl (C=O) groups is 1. The second-order valence-electron chi connectivity index (χ2n) is 7.00. The number of aromatic nitrogens is 2. The lowest BCUT2D eigenvalue weighted by atomic mass is 10.1. The van der Waals surface area contributed by atoms with Crippen LogP contribution in [-0.2, 0) is 11.2 Å². The molecular formula is C24H21ClN4O3. The smallest absolute Gasteiger partial charge is 0.228 e. The van der Waals surface area contributed by atoms with E-state index >= 15 is 0 Å². The van der Waals surface area contributed by atoms with Gasteiger partial charge < -0.3 is 20.1 Å². The van der Waals surface area contributed by atoms with E-state index in [1.165, 1.54) is 6.33 Å². The standard InChI is InChI=1S/C24H21ClN4O3/c1-31-21-12-19-20(13-22(21)32-2)26-14-27-24(19)29-18-9-7-17(8-10-18)28-23(30)11-15-3-5-16(25)6-4-15/h3-10,12-14H,11H2,1-2H3,(H,28,30)(H,26,27,29). The third-order valence-corrected chi connectivity index (χ3v) is 5.10. The Morgan fingerprint density at radius 3 is 2.25 bits per heavy atom. The number of nitrogens with zero attached hydrogens (tertiary/aromatic N) is 2. The van der Waals surface area contributed by atoms with Gasteiger partial charge in [-0.15, -0.1) is 0 Å². The van der Waals surface area contributed by atoms with Crippen molar-refractivity contribution in [2.45, 2.75) is 6.42 Å². The van der Waals surface area contributed by atoms with Crippen LogP contribution < -0.4 is 20.1 Å². The number of nitrogens with one attached hydrogen (secondary N) is 2. The zero-order valence-corrected chi connectivity index (χ0v) is 18.3. The molecule has 4 aromatic rings. The minimum atomic E-state index is -0.101. The molecule has 7 nitrogen and oxygen atoms in total. The van der Waals surface area contributed by atoms with Crippen LogP contribution in [0.2, 0.25) is 5.02 Å². The number of anilines is 3. The minimum absolute atomic E-state index is 0.101. The molecule has 0 unspecified atom stereocenters. The topological polar surface area (TPSA) is 85.4 Å². The summed E-state index contributed by atoms with van der Waals surface area (Å²) in [6, 6.07) is 18.3. The van der Waals surface area contributed by atoms with Crippen LogP contribution in [0.5, 0.6) is 11.5 Å². The average molecular weight is 449 g/mol. The molecule has 8 heteroatoms. The van der Waals surface area contributed by atoms with Crippen LogP contribution in [0.4, 0.5) is 17.2 Å². The molecule has 0 aliphatic rings. The Balaban J connectivity index is 1.47. The summed E-state index contributed by atoms with van der Waals surface area (Å²) in [7, 11) is 3.17. The number of methoxy groups -OCH3 is 2. The van der Waals surface area contributed by atoms with Crippen molar-refractivity contribution in [3.8, 4) is 11.5 Å². The van der Waals surface area contributed by atoms with E-state index in [1.54, 1.807) is 32.4 Å². The Kier molecular flexibility index (Phi) is 6.37. The number of halogens is 1. The summed E-state index contributed by atoms with van der Waals surface area (Å²) in [6.45, 7) is 0. The van der Waals surface area contributed by atoms with E-state index in [0.717, 1.165) is 22.2 Å². The predicted octanol–water partition coefficient (Wildman–Crippen LogP) is 5.23. The Labute approximate surface area is 190 Å². The van der Waals surface area contributed by atoms with Crippen LogP contribution in [-0.4, -0.2) is 30.1 Å². The van der Waals surface area contributed by atoms with Gasteiger partial charge in [0.05, 0.1) is 26.2 Å². The van der Waals surface area contributed by atoms with Gasteiger partial charge in [0.1, 0.15) is 12.1 Å². The first-order valence-corrected chi connectivity index (χ1v) is 10.2. The number of hydrogen-bond acceptors (Lipinski definition) is 6. The Morgan fingerprint density at radius 2 is 1.56 bits per heavy atom. The van der Waals surface area contributed by atoms with E-state index in [4.69, 9.17) is 21.1 Å². The Hall–Kier alpha value is -3.84. The number of carbonyl (C=O) groups excluding carboxylic acids is 1. The van der Waals surface area contributed by atoms with Crippen molar-refractivity contribution in [3.05, 3.63) is 77.6 Å². The van der Waals surface area contributed by atoms with Crippen LogP contribution >= 0.6 is 11.6 Å². The Bertz CT molecular complexity index is 1240. The summed E-state index contributed by atoms with van der Waals surface area (Å²) in [5, 5.41) is 7.63. The molecule has 0 radical (unpaired) electrons. The third kappa shape index (κ3) is 4.90. The number of ether oxygens (including phenoxy) is 2. The van der Waals surface area contributed by atoms with Crippen molar-refractivity contribution in [3.63, 3.8) is 0 Å². The lowest BCUT2D eigenvalue weighted by Gasteiger charge is -2.12. The monoisotopic (exact) mass is 448 g/mol. The summed E-state index contributed by atoms with van der Waals surface area (Å²) in [6.07, 6.45) is 1.76. The highest BCUT2D eigenvalue weighted by Gasteiger charge is 2.11. The van der Waals surface area contributed by atoms with Crippen LogP contribution in [0.1, 0.15) is 5.56 Å². The fourth-order valence-electron chi connectivity index (χ4n) is 3.25. The summed E-state index contributed by atoms with van der Waals surface area (Å²) >= 11 is 5.89. The number of rotatable bonds is 7. The molecule has 0 bridgehead atoms. The van der Waals surface area contributed by atoms with E-state index in [-0.39, 0.29) is 12.3 Å². The average Bonchev–Trinajstić information content (AvgIpc) is 2.81. The van der Waals surface area contributed by atoms with E-state index in [1.807, 2.05) is 42.5 Å². The summed E-state index contributed by atoms with van der Waals surface area (Å²) in [4.78, 5) is 21.0. The molecule has 0 atom stereocenters. The third-order valence-electron chi connectivity index (χ3n) is 4.85. The van der Waals surface area contributed by atoms with Crippen LogP contribution in [0.25, 0.3) is 10.9 Å². The first kappa shape index (κ1) is 21.4. The summed E-state index contributed by atoms with van der Waals surface area (Å²) in [5.74, 6) is 1.73. The number of benzene rings is 3. The van der Waals surface area contributed by atoms with Crippen molar-refractivity contribution in [1.29, 1.82) is 0 Å². The highest BCUT2D eigenvalue weighted by atomic mass is 35.5. The normalized spacial score (nSPS) is 10.6. The molecule has 1 amide bonds. The molecule has 0 fully saturated rings. The highest BCUT2D eigenvalue weighted by molar-refractivity contribution is 6.30. The van der Waals surface area contributed by atoms with Crippen molar-refractivity contribution in [2.24, 2.45) is 0 Å². The minimum Gasteiger partial charge on any atom is -0.493 e. The summed E-state index contributed by atoms with van der Waals surface area (Å²) < 4.78 is 10.7. The zero-order chi connectivity index (χ0) is 22.5. The van der Waals surface area contributed by atoms with E-state index in [0.29, 0.717) is 28.0 Å². The van der Waals surface area contributed by atoms with Gasteiger partial charge in [0, 0.05) is 27.8 Å². The molecule has 162 valence electrons. The fraction of sp³-hybridized carbons (Fsp3) is 0.125. The molecule has 2 N–H and O–H groups in total. The fourth-order valence-corrected chi connectivity index (χ4v) is 3.38. The molecule has 0 saturated carbocycles. The SMILES string of the molecule is COc1cc2ncnc(Nc3ccc(NC(=O)Cc4ccc(Cl)cc4)cc3)c2cc1OC. The lowest BCUT2D eigenvalue weighted by Crippen LogP contribution is -2.14. The number of amides is 1. The van der Waals surface area contributed by atoms with Gasteiger partial charge in [-0.25, -0.2) is 9.97 Å². The molecule has 0 aliphatic carbocycles. The molecule has 0 spiro atoms. The first-order valence-electron chi connectivity index (χ1n) is 9.84. The largest absolute Gasteiger partial charge is 0.493 e. The second kappa shape index (κ2) is 9.53. The van der Waals surface area contributed by atoms with Crippen molar-refractivity contribution >= 4 is 45.6 Å². The maximum atomic E-state index is 12.3. The van der Waals surface area contributed by atoms with Gasteiger partial charge in [-0.2, -0.15) is 0 Å². The molecule has 4 rings (SSSR count). The molecule has 1 heterocycles. The van der Waals surface area contributed by atoms with Crippen molar-refractivity contribution in [2.75, 3.05) is 24.9 Å². The van der Waals surface area contributed by atoms with Gasteiger partial charge in [-0.05, 0) is 48.0 Å². The number of fused-ring (bicyclic) bond motifs is 1. The van der Waals surface area contributed by atoms with E-state index in [9.17, 15) is 4.79 Å². The van der Waals surface area contributed by atoms with Crippen LogP contribution in [0.3, 0.4) is 0 Å². The van der Waals surface area contributed by atoms with Gasteiger partial charge >= 0.3 is 0 Å². The van der Waals surface area contributed by atoms with Crippen molar-refractivity contribution < 1.29 is 14.3 Å². The second-order valence-corrected chi connectivity index (χ2v) is 7.44. The quantitative estimate of drug-likeness (QED) is 0.403. The maximum absolute atomic E-state index is 12.3. The van der Waals surface area contributed by atoms with Crippen LogP contribution in [0, 0.1) is 0 Å². The van der Waals surface area contributed by atoms with Crippen LogP contribution in [0.15, 0.2) is 67.0 Å². The number of hydrogen-bond donors (Lipinski definition) is 2. The highest BCUT2D eigenvalue weighted by Crippen LogP contribution is 2.34. The van der Waals surface area contributed by atoms with Gasteiger partial charge in [-0.3, -0.25) is 4.79 Å². The van der Waals surface area contributed by atoms with E-state index < -0.39 is 0 Å². The van der Waals surface area contributed by atoms with Gasteiger partial charge in [-0.1, -0.05) is 23.7 Å². The van der Waals surface area contributed by atoms with Gasteiger partial charge in [0.2, 0.25) is 5.91 Å². The van der Waals surface area contributed by atoms with Gasteiger partial charge in [0.25, 0.3) is 0 Å². The zero-order valence-electron chi connectivity index (χ0n) is 17.6. The van der Waals surface area contributed by atoms with Crippen molar-refractivity contribution in [1.82, 2.24) is 9.97 Å². The molecule has 0 saturated heterocycles. The maximum Gasteiger partial charge on any atom is 0.228 e. The molecule has 1 aromatic heterocycles. The summed E-state index contributed by atoms with van der Waals surface area (Å²) in [5.41, 5.74) is 3.14. The molecule has 0 aliphatic heterocycles. The first-order chi connectivity index (χ1) is 15.6. The molecule has 32 heavy (non-hydrogen) atoms. The lowest BCUT2D eigenvalue weighted by molar-refractivity contribution is -0.115. The van der Waals surface area contributed by atoms with E-state index in [2.05, 4.69) is 20.6 Å². The molecular weight excluding hydrogens is 428 g/mol. The Morgan fingerprint density at radius 1 is 0.906 bits per heavy atom. The molecule has 3 aromatic carbocycles. The van der Waals surface area contributed by atoms with Gasteiger partial charge in [0.15, 0.2) is 11.5 Å². The predicted molar refractivity (Wildman–Crippen MR) is 126 cm³/mol.